The first kappa shape index (κ1) is 15.4. The van der Waals surface area contributed by atoms with E-state index in [1.807, 2.05) is 18.3 Å². The highest BCUT2D eigenvalue weighted by Gasteiger charge is 2.13. The molecule has 0 aliphatic rings. The van der Waals surface area contributed by atoms with Gasteiger partial charge in [0.05, 0.1) is 13.3 Å². The van der Waals surface area contributed by atoms with E-state index in [0.29, 0.717) is 6.42 Å². The van der Waals surface area contributed by atoms with Gasteiger partial charge in [0, 0.05) is 12.2 Å². The number of aromatic nitrogens is 1. The molecule has 0 radical (unpaired) electrons. The fourth-order valence-corrected chi connectivity index (χ4v) is 2.26. The first-order valence-electron chi connectivity index (χ1n) is 7.19. The van der Waals surface area contributed by atoms with E-state index in [-0.39, 0.29) is 11.9 Å². The van der Waals surface area contributed by atoms with Gasteiger partial charge in [-0.1, -0.05) is 19.1 Å². The van der Waals surface area contributed by atoms with Crippen LogP contribution in [0.4, 0.5) is 4.39 Å². The number of pyridine rings is 1. The summed E-state index contributed by atoms with van der Waals surface area (Å²) in [5.41, 5.74) is 2.01. The highest BCUT2D eigenvalue weighted by molar-refractivity contribution is 5.28. The molecule has 1 aromatic heterocycles. The SMILES string of the molecule is CCCNC(Cc1cccc(F)c1)c1cncc(OC)c1. The molecule has 0 spiro atoms. The van der Waals surface area contributed by atoms with Gasteiger partial charge < -0.3 is 10.1 Å². The molecule has 1 aromatic carbocycles. The van der Waals surface area contributed by atoms with Crippen LogP contribution in [0.1, 0.15) is 30.5 Å². The van der Waals surface area contributed by atoms with Crippen LogP contribution in [0, 0.1) is 5.82 Å². The molecular formula is C17H21FN2O. The fraction of sp³-hybridized carbons (Fsp3) is 0.353. The number of ether oxygens (including phenoxy) is 1. The summed E-state index contributed by atoms with van der Waals surface area (Å²) in [7, 11) is 1.63. The first-order valence-corrected chi connectivity index (χ1v) is 7.19. The van der Waals surface area contributed by atoms with Crippen LogP contribution in [0.15, 0.2) is 42.7 Å². The second-order valence-corrected chi connectivity index (χ2v) is 5.00. The van der Waals surface area contributed by atoms with Crippen molar-refractivity contribution in [3.63, 3.8) is 0 Å². The summed E-state index contributed by atoms with van der Waals surface area (Å²) in [6.45, 7) is 3.02. The Labute approximate surface area is 125 Å². The third-order valence-electron chi connectivity index (χ3n) is 3.34. The van der Waals surface area contributed by atoms with Crippen LogP contribution >= 0.6 is 0 Å². The van der Waals surface area contributed by atoms with E-state index in [9.17, 15) is 4.39 Å². The van der Waals surface area contributed by atoms with Crippen LogP contribution in [0.25, 0.3) is 0 Å². The second kappa shape index (κ2) is 7.74. The lowest BCUT2D eigenvalue weighted by atomic mass is 10.00. The zero-order valence-electron chi connectivity index (χ0n) is 12.5. The monoisotopic (exact) mass is 288 g/mol. The summed E-state index contributed by atoms with van der Waals surface area (Å²) < 4.78 is 18.6. The summed E-state index contributed by atoms with van der Waals surface area (Å²) in [5, 5.41) is 3.49. The van der Waals surface area contributed by atoms with Crippen LogP contribution in [-0.4, -0.2) is 18.6 Å². The molecule has 21 heavy (non-hydrogen) atoms. The highest BCUT2D eigenvalue weighted by atomic mass is 19.1. The quantitative estimate of drug-likeness (QED) is 0.846. The third kappa shape index (κ3) is 4.53. The topological polar surface area (TPSA) is 34.2 Å². The van der Waals surface area contributed by atoms with Crippen LogP contribution < -0.4 is 10.1 Å². The molecule has 4 heteroatoms. The average Bonchev–Trinajstić information content (AvgIpc) is 2.51. The lowest BCUT2D eigenvalue weighted by molar-refractivity contribution is 0.410. The predicted octanol–water partition coefficient (Wildman–Crippen LogP) is 3.51. The van der Waals surface area contributed by atoms with Gasteiger partial charge >= 0.3 is 0 Å². The number of rotatable bonds is 7. The number of halogens is 1. The summed E-state index contributed by atoms with van der Waals surface area (Å²) >= 11 is 0. The van der Waals surface area contributed by atoms with Crippen LogP contribution in [0.3, 0.4) is 0 Å². The Morgan fingerprint density at radius 3 is 2.86 bits per heavy atom. The van der Waals surface area contributed by atoms with Crippen LogP contribution in [0.5, 0.6) is 5.75 Å². The van der Waals surface area contributed by atoms with Gasteiger partial charge in [-0.05, 0) is 48.7 Å². The van der Waals surface area contributed by atoms with Crippen molar-refractivity contribution in [2.24, 2.45) is 0 Å². The Morgan fingerprint density at radius 2 is 2.14 bits per heavy atom. The fourth-order valence-electron chi connectivity index (χ4n) is 2.26. The molecule has 1 unspecified atom stereocenters. The smallest absolute Gasteiger partial charge is 0.137 e. The minimum Gasteiger partial charge on any atom is -0.495 e. The molecule has 2 rings (SSSR count). The standard InChI is InChI=1S/C17H21FN2O/c1-3-7-20-17(9-13-5-4-6-15(18)8-13)14-10-16(21-2)12-19-11-14/h4-6,8,10-12,17,20H,3,7,9H2,1-2H3. The molecule has 3 nitrogen and oxygen atoms in total. The Morgan fingerprint density at radius 1 is 1.29 bits per heavy atom. The largest absolute Gasteiger partial charge is 0.495 e. The van der Waals surface area contributed by atoms with Gasteiger partial charge in [0.2, 0.25) is 0 Å². The van der Waals surface area contributed by atoms with Crippen molar-refractivity contribution in [2.75, 3.05) is 13.7 Å². The van der Waals surface area contributed by atoms with Crippen molar-refractivity contribution in [1.29, 1.82) is 0 Å². The normalized spacial score (nSPS) is 12.1. The molecular weight excluding hydrogens is 267 g/mol. The zero-order chi connectivity index (χ0) is 15.1. The number of benzene rings is 1. The van der Waals surface area contributed by atoms with E-state index >= 15 is 0 Å². The molecule has 0 fully saturated rings. The zero-order valence-corrected chi connectivity index (χ0v) is 12.5. The van der Waals surface area contributed by atoms with E-state index in [1.165, 1.54) is 6.07 Å². The van der Waals surface area contributed by atoms with Gasteiger partial charge in [-0.25, -0.2) is 4.39 Å². The molecule has 1 atom stereocenters. The molecule has 1 N–H and O–H groups in total. The molecule has 0 bridgehead atoms. The number of nitrogens with one attached hydrogen (secondary N) is 1. The van der Waals surface area contributed by atoms with Crippen LogP contribution in [-0.2, 0) is 6.42 Å². The molecule has 0 saturated heterocycles. The second-order valence-electron chi connectivity index (χ2n) is 5.00. The Kier molecular flexibility index (Phi) is 5.69. The summed E-state index contributed by atoms with van der Waals surface area (Å²) in [6.07, 6.45) is 5.27. The molecule has 1 heterocycles. The van der Waals surface area contributed by atoms with Gasteiger partial charge in [0.25, 0.3) is 0 Å². The van der Waals surface area contributed by atoms with E-state index in [2.05, 4.69) is 17.2 Å². The number of hydrogen-bond donors (Lipinski definition) is 1. The van der Waals surface area contributed by atoms with E-state index in [1.54, 1.807) is 25.4 Å². The van der Waals surface area contributed by atoms with Crippen molar-refractivity contribution in [2.45, 2.75) is 25.8 Å². The number of methoxy groups -OCH3 is 1. The highest BCUT2D eigenvalue weighted by Crippen LogP contribution is 2.21. The van der Waals surface area contributed by atoms with Crippen molar-refractivity contribution in [1.82, 2.24) is 10.3 Å². The minimum absolute atomic E-state index is 0.0920. The van der Waals surface area contributed by atoms with E-state index < -0.39 is 0 Å². The van der Waals surface area contributed by atoms with Gasteiger partial charge in [0.15, 0.2) is 0 Å². The third-order valence-corrected chi connectivity index (χ3v) is 3.34. The Balaban J connectivity index is 2.20. The number of nitrogens with zero attached hydrogens (tertiary/aromatic N) is 1. The van der Waals surface area contributed by atoms with E-state index in [0.717, 1.165) is 29.8 Å². The van der Waals surface area contributed by atoms with E-state index in [4.69, 9.17) is 4.74 Å². The average molecular weight is 288 g/mol. The maximum atomic E-state index is 13.3. The lowest BCUT2D eigenvalue weighted by Crippen LogP contribution is -2.24. The molecule has 0 aliphatic carbocycles. The summed E-state index contributed by atoms with van der Waals surface area (Å²) in [4.78, 5) is 4.20. The maximum absolute atomic E-state index is 13.3. The van der Waals surface area contributed by atoms with Gasteiger partial charge in [-0.2, -0.15) is 0 Å². The van der Waals surface area contributed by atoms with Crippen molar-refractivity contribution in [3.8, 4) is 5.75 Å². The molecule has 112 valence electrons. The summed E-state index contributed by atoms with van der Waals surface area (Å²) in [6, 6.07) is 8.79. The first-order chi connectivity index (χ1) is 10.2. The van der Waals surface area contributed by atoms with Crippen LogP contribution in [0.2, 0.25) is 0 Å². The molecule has 0 aliphatic heterocycles. The Hall–Kier alpha value is -1.94. The summed E-state index contributed by atoms with van der Waals surface area (Å²) in [5.74, 6) is 0.528. The van der Waals surface area contributed by atoms with Crippen molar-refractivity contribution >= 4 is 0 Å². The van der Waals surface area contributed by atoms with Gasteiger partial charge in [0.1, 0.15) is 11.6 Å². The van der Waals surface area contributed by atoms with Gasteiger partial charge in [-0.3, -0.25) is 4.98 Å². The van der Waals surface area contributed by atoms with Gasteiger partial charge in [-0.15, -0.1) is 0 Å². The molecule has 2 aromatic rings. The Bertz CT molecular complexity index is 574. The van der Waals surface area contributed by atoms with Crippen molar-refractivity contribution in [3.05, 3.63) is 59.7 Å². The number of hydrogen-bond acceptors (Lipinski definition) is 3. The molecule has 0 saturated carbocycles. The predicted molar refractivity (Wildman–Crippen MR) is 81.9 cm³/mol. The maximum Gasteiger partial charge on any atom is 0.137 e. The van der Waals surface area contributed by atoms with Crippen molar-refractivity contribution < 1.29 is 9.13 Å². The molecule has 0 amide bonds. The minimum atomic E-state index is -0.203. The lowest BCUT2D eigenvalue weighted by Gasteiger charge is -2.19.